The summed E-state index contributed by atoms with van der Waals surface area (Å²) in [5.41, 5.74) is 2.05. The van der Waals surface area contributed by atoms with Crippen LogP contribution in [-0.4, -0.2) is 31.1 Å². The van der Waals surface area contributed by atoms with Gasteiger partial charge in [0.1, 0.15) is 0 Å². The smallest absolute Gasteiger partial charge is 0.0442 e. The monoisotopic (exact) mass is 328 g/mol. The average Bonchev–Trinajstić information content (AvgIpc) is 2.55. The molecule has 3 rings (SSSR count). The normalized spacial score (nSPS) is 31.0. The minimum Gasteiger partial charge on any atom is -0.306 e. The first-order valence-electron chi connectivity index (χ1n) is 10.0. The minimum atomic E-state index is 0.151. The fourth-order valence-electron chi connectivity index (χ4n) is 5.42. The molecular weight excluding hydrogens is 292 g/mol. The summed E-state index contributed by atoms with van der Waals surface area (Å²) in [5, 5.41) is 4.04. The van der Waals surface area contributed by atoms with Crippen LogP contribution < -0.4 is 5.32 Å². The maximum atomic E-state index is 4.04. The van der Waals surface area contributed by atoms with E-state index in [0.717, 1.165) is 12.5 Å². The van der Waals surface area contributed by atoms with Crippen molar-refractivity contribution in [1.29, 1.82) is 0 Å². The van der Waals surface area contributed by atoms with Gasteiger partial charge in [-0.3, -0.25) is 0 Å². The van der Waals surface area contributed by atoms with Gasteiger partial charge in [-0.25, -0.2) is 0 Å². The molecule has 2 unspecified atom stereocenters. The highest BCUT2D eigenvalue weighted by atomic mass is 15.1. The number of piperidine rings is 1. The Morgan fingerprint density at radius 1 is 1.04 bits per heavy atom. The van der Waals surface area contributed by atoms with Gasteiger partial charge in [0.25, 0.3) is 0 Å². The van der Waals surface area contributed by atoms with Gasteiger partial charge in [0.05, 0.1) is 0 Å². The summed E-state index contributed by atoms with van der Waals surface area (Å²) in [7, 11) is 0. The molecule has 0 spiro atoms. The fraction of sp³-hybridized carbons (Fsp3) is 0.727. The van der Waals surface area contributed by atoms with Gasteiger partial charge < -0.3 is 10.2 Å². The largest absolute Gasteiger partial charge is 0.306 e. The van der Waals surface area contributed by atoms with Crippen molar-refractivity contribution in [2.24, 2.45) is 11.3 Å². The Bertz CT molecular complexity index is 504. The molecule has 1 saturated heterocycles. The predicted molar refractivity (Wildman–Crippen MR) is 103 cm³/mol. The number of rotatable bonds is 5. The third-order valence-electron chi connectivity index (χ3n) is 6.04. The molecule has 134 valence electrons. The van der Waals surface area contributed by atoms with Crippen molar-refractivity contribution in [1.82, 2.24) is 10.2 Å². The van der Waals surface area contributed by atoms with Gasteiger partial charge in [0.2, 0.25) is 0 Å². The number of likely N-dealkylation sites (tertiary alicyclic amines) is 1. The summed E-state index contributed by atoms with van der Waals surface area (Å²) in [5.74, 6) is 0.774. The Hall–Kier alpha value is -0.860. The van der Waals surface area contributed by atoms with E-state index in [0.29, 0.717) is 5.41 Å². The van der Waals surface area contributed by atoms with Crippen LogP contribution >= 0.6 is 0 Å². The number of hydrogen-bond donors (Lipinski definition) is 1. The van der Waals surface area contributed by atoms with Gasteiger partial charge in [-0.2, -0.15) is 0 Å². The summed E-state index contributed by atoms with van der Waals surface area (Å²) in [4.78, 5) is 2.65. The lowest BCUT2D eigenvalue weighted by Gasteiger charge is -2.49. The van der Waals surface area contributed by atoms with Crippen molar-refractivity contribution in [2.75, 3.05) is 26.2 Å². The molecule has 2 nitrogen and oxygen atoms in total. The van der Waals surface area contributed by atoms with Crippen molar-refractivity contribution >= 4 is 0 Å². The zero-order valence-electron chi connectivity index (χ0n) is 16.0. The van der Waals surface area contributed by atoms with E-state index < -0.39 is 0 Å². The van der Waals surface area contributed by atoms with E-state index >= 15 is 0 Å². The molecule has 0 bridgehead atoms. The van der Waals surface area contributed by atoms with Gasteiger partial charge >= 0.3 is 0 Å². The van der Waals surface area contributed by atoms with Crippen LogP contribution in [0.2, 0.25) is 0 Å². The molecule has 1 aliphatic heterocycles. The van der Waals surface area contributed by atoms with Crippen molar-refractivity contribution in [3.63, 3.8) is 0 Å². The third-order valence-corrected chi connectivity index (χ3v) is 6.04. The molecule has 2 aliphatic rings. The maximum absolute atomic E-state index is 4.04. The highest BCUT2D eigenvalue weighted by molar-refractivity contribution is 5.26. The Kier molecular flexibility index (Phi) is 5.66. The SMILES string of the molecule is CC1CC(C)(C)CC(NCCN2CCCCC2)(c2ccccc2)C1. The first kappa shape index (κ1) is 17.9. The van der Waals surface area contributed by atoms with Crippen LogP contribution in [0.25, 0.3) is 0 Å². The molecule has 0 amide bonds. The second-order valence-electron chi connectivity index (χ2n) is 9.13. The van der Waals surface area contributed by atoms with Gasteiger partial charge in [0.15, 0.2) is 0 Å². The topological polar surface area (TPSA) is 15.3 Å². The molecule has 2 fully saturated rings. The second kappa shape index (κ2) is 7.58. The Morgan fingerprint density at radius 2 is 1.75 bits per heavy atom. The van der Waals surface area contributed by atoms with Crippen LogP contribution in [-0.2, 0) is 5.54 Å². The standard InChI is InChI=1S/C22H36N2/c1-19-16-21(2,3)18-22(17-19,20-10-6-4-7-11-20)23-12-15-24-13-8-5-9-14-24/h4,6-7,10-11,19,23H,5,8-9,12-18H2,1-3H3. The maximum Gasteiger partial charge on any atom is 0.0442 e. The van der Waals surface area contributed by atoms with Gasteiger partial charge in [0, 0.05) is 18.6 Å². The van der Waals surface area contributed by atoms with Crippen LogP contribution in [0.4, 0.5) is 0 Å². The van der Waals surface area contributed by atoms with Crippen LogP contribution in [0.3, 0.4) is 0 Å². The van der Waals surface area contributed by atoms with Gasteiger partial charge in [-0.1, -0.05) is 57.5 Å². The summed E-state index contributed by atoms with van der Waals surface area (Å²) < 4.78 is 0. The van der Waals surface area contributed by atoms with Gasteiger partial charge in [-0.05, 0) is 62.1 Å². The third kappa shape index (κ3) is 4.40. The van der Waals surface area contributed by atoms with Crippen LogP contribution in [0, 0.1) is 11.3 Å². The summed E-state index contributed by atoms with van der Waals surface area (Å²) in [6.07, 6.45) is 8.04. The summed E-state index contributed by atoms with van der Waals surface area (Å²) in [6.45, 7) is 12.2. The first-order valence-corrected chi connectivity index (χ1v) is 10.0. The summed E-state index contributed by atoms with van der Waals surface area (Å²) >= 11 is 0. The Labute approximate surface area is 149 Å². The van der Waals surface area contributed by atoms with E-state index in [2.05, 4.69) is 61.3 Å². The molecule has 2 heteroatoms. The Balaban J connectivity index is 1.72. The van der Waals surface area contributed by atoms with E-state index in [9.17, 15) is 0 Å². The lowest BCUT2D eigenvalue weighted by Crippen LogP contribution is -2.52. The van der Waals surface area contributed by atoms with Gasteiger partial charge in [-0.15, -0.1) is 0 Å². The summed E-state index contributed by atoms with van der Waals surface area (Å²) in [6, 6.07) is 11.2. The highest BCUT2D eigenvalue weighted by Gasteiger charge is 2.43. The molecule has 1 aromatic carbocycles. The first-order chi connectivity index (χ1) is 11.5. The van der Waals surface area contributed by atoms with Crippen LogP contribution in [0.1, 0.15) is 64.9 Å². The second-order valence-corrected chi connectivity index (χ2v) is 9.13. The number of nitrogens with zero attached hydrogens (tertiary/aromatic N) is 1. The van der Waals surface area contributed by atoms with Crippen molar-refractivity contribution in [3.05, 3.63) is 35.9 Å². The molecule has 2 atom stereocenters. The molecule has 0 radical (unpaired) electrons. The molecule has 1 heterocycles. The molecule has 1 saturated carbocycles. The lowest BCUT2D eigenvalue weighted by atomic mass is 9.62. The van der Waals surface area contributed by atoms with Crippen molar-refractivity contribution in [2.45, 2.75) is 64.8 Å². The molecule has 1 aromatic rings. The fourth-order valence-corrected chi connectivity index (χ4v) is 5.42. The molecule has 0 aromatic heterocycles. The van der Waals surface area contributed by atoms with E-state index in [4.69, 9.17) is 0 Å². The van der Waals surface area contributed by atoms with E-state index in [-0.39, 0.29) is 5.54 Å². The van der Waals surface area contributed by atoms with E-state index in [1.807, 2.05) is 0 Å². The Morgan fingerprint density at radius 3 is 2.42 bits per heavy atom. The zero-order valence-corrected chi connectivity index (χ0v) is 16.0. The predicted octanol–water partition coefficient (Wildman–Crippen LogP) is 4.80. The van der Waals surface area contributed by atoms with E-state index in [1.165, 1.54) is 63.7 Å². The van der Waals surface area contributed by atoms with E-state index in [1.54, 1.807) is 0 Å². The number of nitrogens with one attached hydrogen (secondary N) is 1. The number of hydrogen-bond acceptors (Lipinski definition) is 2. The quantitative estimate of drug-likeness (QED) is 0.835. The minimum absolute atomic E-state index is 0.151. The molecule has 1 N–H and O–H groups in total. The average molecular weight is 329 g/mol. The highest BCUT2D eigenvalue weighted by Crippen LogP contribution is 2.48. The van der Waals surface area contributed by atoms with Crippen molar-refractivity contribution in [3.8, 4) is 0 Å². The molecular formula is C22H36N2. The van der Waals surface area contributed by atoms with Crippen molar-refractivity contribution < 1.29 is 0 Å². The van der Waals surface area contributed by atoms with Crippen LogP contribution in [0.15, 0.2) is 30.3 Å². The van der Waals surface area contributed by atoms with Crippen LogP contribution in [0.5, 0.6) is 0 Å². The molecule has 1 aliphatic carbocycles. The zero-order chi connectivity index (χ0) is 17.0. The lowest BCUT2D eigenvalue weighted by molar-refractivity contribution is 0.0762. The number of benzene rings is 1. The molecule has 24 heavy (non-hydrogen) atoms.